The second-order valence-electron chi connectivity index (χ2n) is 5.66. The Morgan fingerprint density at radius 3 is 2.44 bits per heavy atom. The highest BCUT2D eigenvalue weighted by atomic mass is 16.5. The van der Waals surface area contributed by atoms with Gasteiger partial charge in [-0.25, -0.2) is 9.59 Å². The average molecular weight is 348 g/mol. The normalized spacial score (nSPS) is 17.7. The van der Waals surface area contributed by atoms with Crippen LogP contribution in [0.1, 0.15) is 25.5 Å². The molecule has 2 amide bonds. The lowest BCUT2D eigenvalue weighted by Crippen LogP contribution is -2.47. The van der Waals surface area contributed by atoms with Gasteiger partial charge in [0.1, 0.15) is 0 Å². The summed E-state index contributed by atoms with van der Waals surface area (Å²) in [5, 5.41) is 0. The number of allylic oxidation sites excluding steroid dienone is 1. The zero-order valence-corrected chi connectivity index (χ0v) is 15.5. The second kappa shape index (κ2) is 7.46. The van der Waals surface area contributed by atoms with E-state index in [1.54, 1.807) is 47.2 Å². The Balaban J connectivity index is 2.71. The predicted molar refractivity (Wildman–Crippen MR) is 92.5 cm³/mol. The van der Waals surface area contributed by atoms with Crippen molar-refractivity contribution in [1.82, 2.24) is 9.80 Å². The van der Waals surface area contributed by atoms with E-state index in [1.807, 2.05) is 6.07 Å². The number of ether oxygens (including phenoxy) is 3. The molecule has 0 N–H and O–H groups in total. The lowest BCUT2D eigenvalue weighted by atomic mass is 9.92. The third-order valence-corrected chi connectivity index (χ3v) is 4.37. The topological polar surface area (TPSA) is 68.3 Å². The fourth-order valence-electron chi connectivity index (χ4n) is 3.02. The number of urea groups is 1. The molecule has 0 saturated heterocycles. The van der Waals surface area contributed by atoms with E-state index in [1.165, 1.54) is 16.9 Å². The molecule has 7 heteroatoms. The summed E-state index contributed by atoms with van der Waals surface area (Å²) in [5.74, 6) is 0.551. The molecule has 0 fully saturated rings. The molecule has 2 rings (SSSR count). The first-order valence-corrected chi connectivity index (χ1v) is 7.98. The Morgan fingerprint density at radius 2 is 1.88 bits per heavy atom. The summed E-state index contributed by atoms with van der Waals surface area (Å²) >= 11 is 0. The highest BCUT2D eigenvalue weighted by Gasteiger charge is 2.40. The zero-order valence-electron chi connectivity index (χ0n) is 15.5. The smallest absolute Gasteiger partial charge is 0.338 e. The van der Waals surface area contributed by atoms with Crippen LogP contribution < -0.4 is 9.47 Å². The number of amides is 2. The second-order valence-corrected chi connectivity index (χ2v) is 5.66. The molecule has 0 aromatic heterocycles. The van der Waals surface area contributed by atoms with Crippen molar-refractivity contribution < 1.29 is 23.8 Å². The largest absolute Gasteiger partial charge is 0.493 e. The summed E-state index contributed by atoms with van der Waals surface area (Å²) < 4.78 is 16.1. The number of esters is 1. The van der Waals surface area contributed by atoms with Crippen LogP contribution in [-0.2, 0) is 9.53 Å². The third-order valence-electron chi connectivity index (χ3n) is 4.37. The lowest BCUT2D eigenvalue weighted by molar-refractivity contribution is -0.139. The van der Waals surface area contributed by atoms with Crippen molar-refractivity contribution in [3.05, 3.63) is 35.0 Å². The number of rotatable bonds is 5. The summed E-state index contributed by atoms with van der Waals surface area (Å²) in [5.41, 5.74) is 1.61. The van der Waals surface area contributed by atoms with Gasteiger partial charge in [0.05, 0.1) is 32.4 Å². The van der Waals surface area contributed by atoms with Crippen LogP contribution in [0.5, 0.6) is 11.5 Å². The predicted octanol–water partition coefficient (Wildman–Crippen LogP) is 2.58. The number of carbonyl (C=O) groups is 2. The molecule has 0 bridgehead atoms. The molecule has 0 aliphatic carbocycles. The van der Waals surface area contributed by atoms with Crippen LogP contribution >= 0.6 is 0 Å². The molecule has 25 heavy (non-hydrogen) atoms. The van der Waals surface area contributed by atoms with E-state index < -0.39 is 12.0 Å². The minimum atomic E-state index is -0.632. The molecule has 136 valence electrons. The maximum atomic E-state index is 12.6. The lowest BCUT2D eigenvalue weighted by Gasteiger charge is -2.39. The van der Waals surface area contributed by atoms with Gasteiger partial charge in [0.25, 0.3) is 0 Å². The summed E-state index contributed by atoms with van der Waals surface area (Å²) in [4.78, 5) is 28.2. The number of hydrogen-bond acceptors (Lipinski definition) is 5. The molecule has 1 aromatic rings. The number of likely N-dealkylation sites (N-methyl/N-ethyl adjacent to an activating group) is 1. The minimum absolute atomic E-state index is 0.222. The monoisotopic (exact) mass is 348 g/mol. The minimum Gasteiger partial charge on any atom is -0.493 e. The van der Waals surface area contributed by atoms with Gasteiger partial charge in [-0.05, 0) is 19.9 Å². The molecule has 1 aliphatic rings. The summed E-state index contributed by atoms with van der Waals surface area (Å²) in [6.07, 6.45) is 0. The van der Waals surface area contributed by atoms with Crippen LogP contribution in [0.2, 0.25) is 0 Å². The van der Waals surface area contributed by atoms with Crippen molar-refractivity contribution in [3.8, 4) is 11.5 Å². The van der Waals surface area contributed by atoms with E-state index >= 15 is 0 Å². The Hall–Kier alpha value is -2.70. The van der Waals surface area contributed by atoms with Gasteiger partial charge in [0, 0.05) is 25.4 Å². The standard InChI is InChI=1S/C18H24N2O5/c1-7-25-17(21)14-11(2)19(3)18(22)20(4)15(14)12-9-8-10-13(23-5)16(12)24-6/h8-10,15H,7H2,1-6H3. The van der Waals surface area contributed by atoms with E-state index in [0.717, 1.165) is 0 Å². The highest BCUT2D eigenvalue weighted by molar-refractivity contribution is 5.95. The molecule has 1 unspecified atom stereocenters. The van der Waals surface area contributed by atoms with Crippen molar-refractivity contribution >= 4 is 12.0 Å². The highest BCUT2D eigenvalue weighted by Crippen LogP contribution is 2.43. The molecular weight excluding hydrogens is 324 g/mol. The van der Waals surface area contributed by atoms with Crippen LogP contribution in [0.25, 0.3) is 0 Å². The molecule has 1 aromatic carbocycles. The van der Waals surface area contributed by atoms with Gasteiger partial charge in [-0.1, -0.05) is 12.1 Å². The molecule has 7 nitrogen and oxygen atoms in total. The molecule has 1 atom stereocenters. The SMILES string of the molecule is CCOC(=O)C1=C(C)N(C)C(=O)N(C)C1c1cccc(OC)c1OC. The van der Waals surface area contributed by atoms with Crippen molar-refractivity contribution in [2.75, 3.05) is 34.9 Å². The van der Waals surface area contributed by atoms with Crippen molar-refractivity contribution in [1.29, 1.82) is 0 Å². The molecule has 1 aliphatic heterocycles. The van der Waals surface area contributed by atoms with E-state index in [4.69, 9.17) is 14.2 Å². The first kappa shape index (κ1) is 18.6. The van der Waals surface area contributed by atoms with Gasteiger partial charge in [0.2, 0.25) is 0 Å². The van der Waals surface area contributed by atoms with Crippen molar-refractivity contribution in [2.24, 2.45) is 0 Å². The number of carbonyl (C=O) groups excluding carboxylic acids is 2. The molecule has 1 heterocycles. The number of nitrogens with zero attached hydrogens (tertiary/aromatic N) is 2. The van der Waals surface area contributed by atoms with Crippen LogP contribution in [0.3, 0.4) is 0 Å². The van der Waals surface area contributed by atoms with Crippen LogP contribution in [0.4, 0.5) is 4.79 Å². The Bertz CT molecular complexity index is 713. The van der Waals surface area contributed by atoms with Crippen LogP contribution in [0, 0.1) is 0 Å². The summed E-state index contributed by atoms with van der Waals surface area (Å²) in [6, 6.07) is 4.52. The van der Waals surface area contributed by atoms with Crippen LogP contribution in [-0.4, -0.2) is 56.7 Å². The fourth-order valence-corrected chi connectivity index (χ4v) is 3.02. The fraction of sp³-hybridized carbons (Fsp3) is 0.444. The Kier molecular flexibility index (Phi) is 5.56. The number of hydrogen-bond donors (Lipinski definition) is 0. The first-order chi connectivity index (χ1) is 11.9. The quantitative estimate of drug-likeness (QED) is 0.765. The average Bonchev–Trinajstić information content (AvgIpc) is 2.62. The molecular formula is C18H24N2O5. The van der Waals surface area contributed by atoms with Gasteiger partial charge in [0.15, 0.2) is 11.5 Å². The Labute approximate surface area is 147 Å². The maximum absolute atomic E-state index is 12.6. The van der Waals surface area contributed by atoms with Gasteiger partial charge in [-0.3, -0.25) is 0 Å². The number of para-hydroxylation sites is 1. The third kappa shape index (κ3) is 3.14. The van der Waals surface area contributed by atoms with E-state index in [9.17, 15) is 9.59 Å². The van der Waals surface area contributed by atoms with E-state index in [-0.39, 0.29) is 12.6 Å². The molecule has 0 saturated carbocycles. The first-order valence-electron chi connectivity index (χ1n) is 7.98. The summed E-state index contributed by atoms with van der Waals surface area (Å²) in [6.45, 7) is 3.73. The number of methoxy groups -OCH3 is 2. The zero-order chi connectivity index (χ0) is 18.7. The van der Waals surface area contributed by atoms with Crippen LogP contribution in [0.15, 0.2) is 29.5 Å². The maximum Gasteiger partial charge on any atom is 0.338 e. The number of benzene rings is 1. The van der Waals surface area contributed by atoms with E-state index in [0.29, 0.717) is 28.3 Å². The molecule has 0 spiro atoms. The summed E-state index contributed by atoms with van der Waals surface area (Å²) in [7, 11) is 6.34. The molecule has 0 radical (unpaired) electrons. The van der Waals surface area contributed by atoms with Gasteiger partial charge >= 0.3 is 12.0 Å². The van der Waals surface area contributed by atoms with Gasteiger partial charge in [-0.2, -0.15) is 0 Å². The van der Waals surface area contributed by atoms with Crippen molar-refractivity contribution in [3.63, 3.8) is 0 Å². The van der Waals surface area contributed by atoms with Crippen molar-refractivity contribution in [2.45, 2.75) is 19.9 Å². The Morgan fingerprint density at radius 1 is 1.20 bits per heavy atom. The van der Waals surface area contributed by atoms with Gasteiger partial charge < -0.3 is 24.0 Å². The van der Waals surface area contributed by atoms with E-state index in [2.05, 4.69) is 0 Å². The van der Waals surface area contributed by atoms with Gasteiger partial charge in [-0.15, -0.1) is 0 Å².